The van der Waals surface area contributed by atoms with E-state index in [0.717, 1.165) is 17.3 Å². The first kappa shape index (κ1) is 14.3. The number of hydrogen-bond acceptors (Lipinski definition) is 4. The van der Waals surface area contributed by atoms with E-state index in [-0.39, 0.29) is 29.6 Å². The van der Waals surface area contributed by atoms with Crippen molar-refractivity contribution in [1.82, 2.24) is 4.31 Å². The van der Waals surface area contributed by atoms with Crippen LogP contribution in [0.3, 0.4) is 0 Å². The molecule has 5 nitrogen and oxygen atoms in total. The van der Waals surface area contributed by atoms with Crippen molar-refractivity contribution in [2.45, 2.75) is 30.2 Å². The fraction of sp³-hybridized carbons (Fsp3) is 0.417. The summed E-state index contributed by atoms with van der Waals surface area (Å²) in [5.41, 5.74) is 6.01. The van der Waals surface area contributed by atoms with Crippen LogP contribution in [0.15, 0.2) is 27.6 Å². The van der Waals surface area contributed by atoms with Gasteiger partial charge in [-0.05, 0) is 31.0 Å². The Hall–Kier alpha value is -1.10. The molecule has 0 bridgehead atoms. The second-order valence-electron chi connectivity index (χ2n) is 4.44. The predicted octanol–water partition coefficient (Wildman–Crippen LogP) is 2.10. The van der Waals surface area contributed by atoms with E-state index in [4.69, 9.17) is 11.0 Å². The molecule has 0 aromatic heterocycles. The fourth-order valence-corrected chi connectivity index (χ4v) is 4.07. The minimum Gasteiger partial charge on any atom is -0.398 e. The van der Waals surface area contributed by atoms with Crippen LogP contribution in [0.1, 0.15) is 19.3 Å². The smallest absolute Gasteiger partial charge is 0.245 e. The number of nitrogens with two attached hydrogens (primary N) is 1. The number of hydrogen-bond donors (Lipinski definition) is 1. The minimum absolute atomic E-state index is 0.0152. The van der Waals surface area contributed by atoms with Crippen LogP contribution in [0.25, 0.3) is 0 Å². The van der Waals surface area contributed by atoms with Gasteiger partial charge in [-0.25, -0.2) is 8.42 Å². The summed E-state index contributed by atoms with van der Waals surface area (Å²) in [5.74, 6) is 0. The molecule has 0 aliphatic heterocycles. The molecule has 0 amide bonds. The summed E-state index contributed by atoms with van der Waals surface area (Å²) in [5, 5.41) is 8.64. The van der Waals surface area contributed by atoms with Crippen molar-refractivity contribution in [1.29, 1.82) is 5.26 Å². The third-order valence-electron chi connectivity index (χ3n) is 2.96. The van der Waals surface area contributed by atoms with Gasteiger partial charge >= 0.3 is 0 Å². The summed E-state index contributed by atoms with van der Waals surface area (Å²) in [6.45, 7) is 0.221. The van der Waals surface area contributed by atoms with E-state index in [1.807, 2.05) is 6.07 Å². The van der Waals surface area contributed by atoms with Crippen molar-refractivity contribution in [2.24, 2.45) is 0 Å². The first-order valence-electron chi connectivity index (χ1n) is 5.90. The molecule has 0 unspecified atom stereocenters. The third kappa shape index (κ3) is 3.08. The van der Waals surface area contributed by atoms with Crippen molar-refractivity contribution in [3.05, 3.63) is 22.7 Å². The van der Waals surface area contributed by atoms with Crippen molar-refractivity contribution >= 4 is 31.6 Å². The topological polar surface area (TPSA) is 87.2 Å². The number of rotatable bonds is 5. The molecule has 1 aromatic rings. The van der Waals surface area contributed by atoms with Gasteiger partial charge in [-0.1, -0.05) is 15.9 Å². The molecule has 1 aromatic carbocycles. The van der Waals surface area contributed by atoms with Crippen molar-refractivity contribution in [3.8, 4) is 6.07 Å². The molecule has 1 saturated carbocycles. The van der Waals surface area contributed by atoms with Gasteiger partial charge in [-0.15, -0.1) is 0 Å². The van der Waals surface area contributed by atoms with Gasteiger partial charge in [0.2, 0.25) is 10.0 Å². The second kappa shape index (κ2) is 5.49. The molecule has 1 aliphatic carbocycles. The van der Waals surface area contributed by atoms with E-state index in [2.05, 4.69) is 15.9 Å². The SMILES string of the molecule is N#CCCN(C1CC1)S(=O)(=O)c1ccc(Br)cc1N. The summed E-state index contributed by atoms with van der Waals surface area (Å²) >= 11 is 3.25. The molecule has 0 heterocycles. The summed E-state index contributed by atoms with van der Waals surface area (Å²) in [7, 11) is -3.62. The Morgan fingerprint density at radius 3 is 2.68 bits per heavy atom. The van der Waals surface area contributed by atoms with Gasteiger partial charge in [0.05, 0.1) is 11.8 Å². The van der Waals surface area contributed by atoms with Crippen LogP contribution in [-0.2, 0) is 10.0 Å². The van der Waals surface area contributed by atoms with Crippen LogP contribution in [0.2, 0.25) is 0 Å². The van der Waals surface area contributed by atoms with E-state index in [1.165, 1.54) is 10.4 Å². The highest BCUT2D eigenvalue weighted by Crippen LogP contribution is 2.34. The highest BCUT2D eigenvalue weighted by molar-refractivity contribution is 9.10. The molecule has 0 saturated heterocycles. The van der Waals surface area contributed by atoms with Crippen LogP contribution in [0.5, 0.6) is 0 Å². The lowest BCUT2D eigenvalue weighted by Gasteiger charge is -2.21. The molecule has 0 spiro atoms. The molecule has 2 N–H and O–H groups in total. The van der Waals surface area contributed by atoms with Gasteiger partial charge in [-0.2, -0.15) is 9.57 Å². The molecule has 7 heteroatoms. The van der Waals surface area contributed by atoms with Crippen LogP contribution < -0.4 is 5.73 Å². The van der Waals surface area contributed by atoms with E-state index in [9.17, 15) is 8.42 Å². The highest BCUT2D eigenvalue weighted by Gasteiger charge is 2.38. The lowest BCUT2D eigenvalue weighted by molar-refractivity contribution is 0.411. The van der Waals surface area contributed by atoms with Gasteiger partial charge in [0.15, 0.2) is 0 Å². The van der Waals surface area contributed by atoms with E-state index < -0.39 is 10.0 Å². The Bertz CT molecular complexity index is 620. The number of halogens is 1. The van der Waals surface area contributed by atoms with Crippen molar-refractivity contribution in [3.63, 3.8) is 0 Å². The number of benzene rings is 1. The predicted molar refractivity (Wildman–Crippen MR) is 75.7 cm³/mol. The number of nitrogen functional groups attached to an aromatic ring is 1. The summed E-state index contributed by atoms with van der Waals surface area (Å²) in [6, 6.07) is 6.72. The molecule has 0 radical (unpaired) electrons. The van der Waals surface area contributed by atoms with Gasteiger partial charge < -0.3 is 5.73 Å². The molecular formula is C12H14BrN3O2S. The van der Waals surface area contributed by atoms with Gasteiger partial charge in [0.25, 0.3) is 0 Å². The van der Waals surface area contributed by atoms with Crippen LogP contribution in [-0.4, -0.2) is 25.3 Å². The first-order chi connectivity index (χ1) is 8.96. The maximum absolute atomic E-state index is 12.6. The maximum Gasteiger partial charge on any atom is 0.245 e. The quantitative estimate of drug-likeness (QED) is 0.829. The van der Waals surface area contributed by atoms with Gasteiger partial charge in [0, 0.05) is 23.5 Å². The zero-order valence-corrected chi connectivity index (χ0v) is 12.6. The van der Waals surface area contributed by atoms with Crippen molar-refractivity contribution < 1.29 is 8.42 Å². The van der Waals surface area contributed by atoms with Crippen LogP contribution >= 0.6 is 15.9 Å². The monoisotopic (exact) mass is 343 g/mol. The standard InChI is InChI=1S/C12H14BrN3O2S/c13-9-2-5-12(11(15)8-9)19(17,18)16(7-1-6-14)10-3-4-10/h2,5,8,10H,1,3-4,7,15H2. The molecule has 0 atom stereocenters. The zero-order valence-electron chi connectivity index (χ0n) is 10.2. The Labute approximate surface area is 121 Å². The summed E-state index contributed by atoms with van der Waals surface area (Å²) in [4.78, 5) is 0.112. The Kier molecular flexibility index (Phi) is 4.13. The van der Waals surface area contributed by atoms with Crippen molar-refractivity contribution in [2.75, 3.05) is 12.3 Å². The average Bonchev–Trinajstić information content (AvgIpc) is 3.13. The zero-order chi connectivity index (χ0) is 14.0. The minimum atomic E-state index is -3.62. The lowest BCUT2D eigenvalue weighted by Crippen LogP contribution is -2.34. The normalized spacial score (nSPS) is 15.4. The number of sulfonamides is 1. The summed E-state index contributed by atoms with van der Waals surface area (Å²) < 4.78 is 27.3. The highest BCUT2D eigenvalue weighted by atomic mass is 79.9. The fourth-order valence-electron chi connectivity index (χ4n) is 1.90. The number of nitrogens with zero attached hydrogens (tertiary/aromatic N) is 2. The van der Waals surface area contributed by atoms with E-state index in [1.54, 1.807) is 12.1 Å². The van der Waals surface area contributed by atoms with Gasteiger partial charge in [0.1, 0.15) is 4.90 Å². The molecular weight excluding hydrogens is 330 g/mol. The molecule has 2 rings (SSSR count). The first-order valence-corrected chi connectivity index (χ1v) is 8.14. The van der Waals surface area contributed by atoms with Gasteiger partial charge in [-0.3, -0.25) is 0 Å². The lowest BCUT2D eigenvalue weighted by atomic mass is 10.3. The Morgan fingerprint density at radius 2 is 2.16 bits per heavy atom. The summed E-state index contributed by atoms with van der Waals surface area (Å²) in [6.07, 6.45) is 1.88. The number of anilines is 1. The third-order valence-corrected chi connectivity index (χ3v) is 5.48. The van der Waals surface area contributed by atoms with Crippen LogP contribution in [0.4, 0.5) is 5.69 Å². The van der Waals surface area contributed by atoms with E-state index in [0.29, 0.717) is 0 Å². The molecule has 1 aliphatic rings. The van der Waals surface area contributed by atoms with E-state index >= 15 is 0 Å². The average molecular weight is 344 g/mol. The largest absolute Gasteiger partial charge is 0.398 e. The Balaban J connectivity index is 2.36. The maximum atomic E-state index is 12.6. The number of nitriles is 1. The van der Waals surface area contributed by atoms with Crippen LogP contribution in [0, 0.1) is 11.3 Å². The molecule has 1 fully saturated rings. The molecule has 19 heavy (non-hydrogen) atoms. The molecule has 102 valence electrons. The second-order valence-corrected chi connectivity index (χ2v) is 7.21. The Morgan fingerprint density at radius 1 is 1.47 bits per heavy atom.